The van der Waals surface area contributed by atoms with Crippen molar-refractivity contribution < 1.29 is 24.6 Å². The first kappa shape index (κ1) is 13.4. The van der Waals surface area contributed by atoms with Crippen molar-refractivity contribution in [3.8, 4) is 0 Å². The van der Waals surface area contributed by atoms with Crippen molar-refractivity contribution in [2.24, 2.45) is 16.2 Å². The minimum Gasteiger partial charge on any atom is -0.266 e. The summed E-state index contributed by atoms with van der Waals surface area (Å²) < 4.78 is 0. The van der Waals surface area contributed by atoms with E-state index in [0.29, 0.717) is 6.61 Å². The van der Waals surface area contributed by atoms with E-state index in [1.165, 1.54) is 0 Å². The molecule has 0 atom stereocenters. The van der Waals surface area contributed by atoms with Crippen molar-refractivity contribution in [1.29, 1.82) is 0 Å². The molecule has 1 fully saturated rings. The van der Waals surface area contributed by atoms with Gasteiger partial charge in [-0.05, 0) is 29.7 Å². The molecule has 0 radical (unpaired) electrons. The van der Waals surface area contributed by atoms with E-state index >= 15 is 0 Å². The Hall–Kier alpha value is -0.650. The van der Waals surface area contributed by atoms with Crippen LogP contribution >= 0.6 is 0 Å². The highest BCUT2D eigenvalue weighted by Crippen LogP contribution is 2.52. The van der Waals surface area contributed by atoms with Crippen LogP contribution in [0, 0.1) is 16.2 Å². The standard InChI is InChI=1S/C11H20O5/c1-9(2)7-13-15-16-14-8(12)10(3,4)11(9,5)6/h7H2,1-6H3. The molecule has 1 saturated heterocycles. The summed E-state index contributed by atoms with van der Waals surface area (Å²) in [6.07, 6.45) is 0. The topological polar surface area (TPSA) is 54.0 Å². The smallest absolute Gasteiger partial charge is 0.266 e. The zero-order valence-corrected chi connectivity index (χ0v) is 10.7. The molecule has 0 bridgehead atoms. The summed E-state index contributed by atoms with van der Waals surface area (Å²) in [6.45, 7) is 12.0. The van der Waals surface area contributed by atoms with Gasteiger partial charge in [-0.3, -0.25) is 4.89 Å². The van der Waals surface area contributed by atoms with E-state index < -0.39 is 11.4 Å². The lowest BCUT2D eigenvalue weighted by molar-refractivity contribution is -0.619. The van der Waals surface area contributed by atoms with Gasteiger partial charge in [0.25, 0.3) is 0 Å². The molecule has 0 aromatic rings. The molecule has 0 unspecified atom stereocenters. The van der Waals surface area contributed by atoms with Crippen LogP contribution < -0.4 is 0 Å². The van der Waals surface area contributed by atoms with E-state index in [1.807, 2.05) is 41.5 Å². The molecular formula is C11H20O5. The maximum Gasteiger partial charge on any atom is 0.351 e. The van der Waals surface area contributed by atoms with Gasteiger partial charge in [-0.2, -0.15) is 0 Å². The first-order chi connectivity index (χ1) is 7.13. The Morgan fingerprint density at radius 1 is 1.00 bits per heavy atom. The Morgan fingerprint density at radius 3 is 2.12 bits per heavy atom. The molecule has 16 heavy (non-hydrogen) atoms. The van der Waals surface area contributed by atoms with Crippen molar-refractivity contribution in [1.82, 2.24) is 0 Å². The van der Waals surface area contributed by atoms with Gasteiger partial charge in [-0.1, -0.05) is 27.7 Å². The van der Waals surface area contributed by atoms with Gasteiger partial charge >= 0.3 is 5.97 Å². The number of hydrogen-bond acceptors (Lipinski definition) is 5. The Bertz CT molecular complexity index is 280. The summed E-state index contributed by atoms with van der Waals surface area (Å²) in [4.78, 5) is 21.2. The van der Waals surface area contributed by atoms with Crippen molar-refractivity contribution in [3.63, 3.8) is 0 Å². The van der Waals surface area contributed by atoms with Gasteiger partial charge in [0.2, 0.25) is 0 Å². The summed E-state index contributed by atoms with van der Waals surface area (Å²) >= 11 is 0. The molecule has 0 spiro atoms. The quantitative estimate of drug-likeness (QED) is 0.600. The fourth-order valence-electron chi connectivity index (χ4n) is 1.62. The molecule has 5 heteroatoms. The van der Waals surface area contributed by atoms with E-state index in [-0.39, 0.29) is 10.8 Å². The molecule has 1 aliphatic heterocycles. The van der Waals surface area contributed by atoms with Gasteiger partial charge in [0.1, 0.15) is 0 Å². The normalized spacial score (nSPS) is 28.5. The molecular weight excluding hydrogens is 212 g/mol. The van der Waals surface area contributed by atoms with E-state index in [9.17, 15) is 4.79 Å². The molecule has 0 aromatic carbocycles. The summed E-state index contributed by atoms with van der Waals surface area (Å²) in [6, 6.07) is 0. The van der Waals surface area contributed by atoms with Crippen LogP contribution in [0.3, 0.4) is 0 Å². The third-order valence-electron chi connectivity index (χ3n) is 4.37. The first-order valence-electron chi connectivity index (χ1n) is 5.30. The SMILES string of the molecule is CC1(C)COOOOC(=O)C(C)(C)C1(C)C. The van der Waals surface area contributed by atoms with Crippen molar-refractivity contribution in [3.05, 3.63) is 0 Å². The third-order valence-corrected chi connectivity index (χ3v) is 4.37. The van der Waals surface area contributed by atoms with Gasteiger partial charge in [-0.15, -0.1) is 0 Å². The molecule has 94 valence electrons. The lowest BCUT2D eigenvalue weighted by Gasteiger charge is -2.48. The van der Waals surface area contributed by atoms with E-state index in [2.05, 4.69) is 15.0 Å². The Balaban J connectivity index is 3.14. The maximum atomic E-state index is 11.9. The molecule has 0 saturated carbocycles. The molecule has 1 aliphatic rings. The molecule has 1 rings (SSSR count). The fourth-order valence-corrected chi connectivity index (χ4v) is 1.62. The predicted molar refractivity (Wildman–Crippen MR) is 55.6 cm³/mol. The van der Waals surface area contributed by atoms with Crippen molar-refractivity contribution in [2.75, 3.05) is 6.61 Å². The predicted octanol–water partition coefficient (Wildman–Crippen LogP) is 2.42. The maximum absolute atomic E-state index is 11.9. The van der Waals surface area contributed by atoms with Gasteiger partial charge in [0.15, 0.2) is 0 Å². The van der Waals surface area contributed by atoms with Gasteiger partial charge in [-0.25, -0.2) is 9.68 Å². The van der Waals surface area contributed by atoms with Crippen LogP contribution in [-0.4, -0.2) is 12.6 Å². The Kier molecular flexibility index (Phi) is 3.34. The van der Waals surface area contributed by atoms with Gasteiger partial charge in [0.05, 0.1) is 12.0 Å². The largest absolute Gasteiger partial charge is 0.351 e. The van der Waals surface area contributed by atoms with Crippen molar-refractivity contribution in [2.45, 2.75) is 41.5 Å². The van der Waals surface area contributed by atoms with Crippen molar-refractivity contribution >= 4 is 5.97 Å². The lowest BCUT2D eigenvalue weighted by Crippen LogP contribution is -2.50. The van der Waals surface area contributed by atoms with Crippen LogP contribution in [0.25, 0.3) is 0 Å². The van der Waals surface area contributed by atoms with Gasteiger partial charge in [0, 0.05) is 5.04 Å². The second-order valence-electron chi connectivity index (χ2n) is 5.90. The highest BCUT2D eigenvalue weighted by Gasteiger charge is 2.54. The minimum absolute atomic E-state index is 0.275. The van der Waals surface area contributed by atoms with Crippen LogP contribution in [0.2, 0.25) is 0 Å². The molecule has 1 heterocycles. The van der Waals surface area contributed by atoms with Crippen LogP contribution in [0.5, 0.6) is 0 Å². The zero-order chi connectivity index (χ0) is 12.6. The average molecular weight is 232 g/mol. The monoisotopic (exact) mass is 232 g/mol. The summed E-state index contributed by atoms with van der Waals surface area (Å²) in [7, 11) is 0. The van der Waals surface area contributed by atoms with Crippen LogP contribution in [-0.2, 0) is 24.6 Å². The van der Waals surface area contributed by atoms with Crippen LogP contribution in [0.4, 0.5) is 0 Å². The second kappa shape index (κ2) is 3.98. The number of rotatable bonds is 0. The van der Waals surface area contributed by atoms with E-state index in [4.69, 9.17) is 4.89 Å². The first-order valence-corrected chi connectivity index (χ1v) is 5.30. The molecule has 0 N–H and O–H groups in total. The summed E-state index contributed by atoms with van der Waals surface area (Å²) in [5, 5.41) is 8.52. The molecule has 0 aliphatic carbocycles. The molecule has 0 amide bonds. The highest BCUT2D eigenvalue weighted by atomic mass is 17.7. The number of carbonyl (C=O) groups is 1. The van der Waals surface area contributed by atoms with E-state index in [0.717, 1.165) is 0 Å². The Morgan fingerprint density at radius 2 is 1.56 bits per heavy atom. The fraction of sp³-hybridized carbons (Fsp3) is 0.909. The highest BCUT2D eigenvalue weighted by molar-refractivity contribution is 5.76. The Labute approximate surface area is 95.8 Å². The number of hydrogen-bond donors (Lipinski definition) is 0. The lowest BCUT2D eigenvalue weighted by atomic mass is 9.55. The summed E-state index contributed by atoms with van der Waals surface area (Å²) in [5.74, 6) is -0.476. The van der Waals surface area contributed by atoms with Crippen LogP contribution in [0.15, 0.2) is 0 Å². The minimum atomic E-state index is -0.715. The third kappa shape index (κ3) is 1.95. The second-order valence-corrected chi connectivity index (χ2v) is 5.90. The number of carbonyl (C=O) groups excluding carboxylic acids is 1. The summed E-state index contributed by atoms with van der Waals surface area (Å²) in [5.41, 5.74) is -1.34. The van der Waals surface area contributed by atoms with E-state index in [1.54, 1.807) is 0 Å². The molecule has 5 nitrogen and oxygen atoms in total. The zero-order valence-electron chi connectivity index (χ0n) is 10.7. The van der Waals surface area contributed by atoms with Gasteiger partial charge < -0.3 is 0 Å². The van der Waals surface area contributed by atoms with Crippen LogP contribution in [0.1, 0.15) is 41.5 Å². The molecule has 0 aromatic heterocycles. The average Bonchev–Trinajstić information content (AvgIpc) is 2.16.